The molecule has 0 spiro atoms. The van der Waals surface area contributed by atoms with Crippen LogP contribution in [0.5, 0.6) is 28.7 Å². The largest absolute Gasteiger partial charge is 0.493 e. The molecular weight excluding hydrogens is 867 g/mol. The highest BCUT2D eigenvalue weighted by molar-refractivity contribution is 5.84. The second-order valence-electron chi connectivity index (χ2n) is 16.7. The third kappa shape index (κ3) is 9.46. The van der Waals surface area contributed by atoms with Crippen LogP contribution in [0.2, 0.25) is 0 Å². The van der Waals surface area contributed by atoms with Crippen molar-refractivity contribution >= 4 is 29.9 Å². The highest BCUT2D eigenvalue weighted by Crippen LogP contribution is 2.54. The van der Waals surface area contributed by atoms with Crippen LogP contribution in [-0.2, 0) is 52.7 Å². The predicted molar refractivity (Wildman–Crippen MR) is 229 cm³/mol. The standard InChI is InChI=1S/C46H55N3O17/c1-7-58-44(53)47-27-10-8-24(9-11-27)19-61-45(54)48(3)12-13-49(4)46(55)66-41-32(56-5)15-25(16-33(41)57-6)36-29-17-34-40(63-22-62-34)30(28(29)14-26-20-60-43(52)37(26)36)18-31-38(50)39(51)42-35(65-31)21-59-23(2)64-42/h8-11,15-17,23,26,31,35-39,42,50-51H,7,12-14,18-22H2,1-6H3,(H,47,53)/t23?,26-,31-,35+,36+,37?,38-,39+,42+/m0/s1. The maximum atomic E-state index is 13.6. The second kappa shape index (κ2) is 19.8. The lowest BCUT2D eigenvalue weighted by Gasteiger charge is -2.46. The lowest BCUT2D eigenvalue weighted by atomic mass is 9.66. The predicted octanol–water partition coefficient (Wildman–Crippen LogP) is 3.97. The zero-order chi connectivity index (χ0) is 46.8. The van der Waals surface area contributed by atoms with Gasteiger partial charge in [-0.1, -0.05) is 12.1 Å². The van der Waals surface area contributed by atoms with Gasteiger partial charge in [0.25, 0.3) is 0 Å². The first-order valence-electron chi connectivity index (χ1n) is 21.8. The van der Waals surface area contributed by atoms with E-state index in [2.05, 4.69) is 5.32 Å². The summed E-state index contributed by atoms with van der Waals surface area (Å²) in [6.45, 7) is 4.15. The number of nitrogens with one attached hydrogen (secondary N) is 1. The summed E-state index contributed by atoms with van der Waals surface area (Å²) < 4.78 is 63.2. The van der Waals surface area contributed by atoms with Crippen molar-refractivity contribution < 1.29 is 81.5 Å². The summed E-state index contributed by atoms with van der Waals surface area (Å²) in [6.07, 6.45) is -6.68. The van der Waals surface area contributed by atoms with Crippen molar-refractivity contribution in [3.05, 3.63) is 70.3 Å². The highest BCUT2D eigenvalue weighted by atomic mass is 16.7. The number of fused-ring (bicyclic) bond motifs is 4. The lowest BCUT2D eigenvalue weighted by molar-refractivity contribution is -0.320. The maximum Gasteiger partial charge on any atom is 0.415 e. The average molecular weight is 922 g/mol. The van der Waals surface area contributed by atoms with Crippen molar-refractivity contribution in [3.63, 3.8) is 0 Å². The summed E-state index contributed by atoms with van der Waals surface area (Å²) in [6, 6.07) is 12.0. The lowest BCUT2D eigenvalue weighted by Crippen LogP contribution is -2.62. The van der Waals surface area contributed by atoms with Crippen LogP contribution < -0.4 is 29.0 Å². The van der Waals surface area contributed by atoms with Gasteiger partial charge in [-0.2, -0.15) is 0 Å². The molecule has 9 atom stereocenters. The van der Waals surface area contributed by atoms with Crippen LogP contribution in [0.15, 0.2) is 42.5 Å². The smallest absolute Gasteiger partial charge is 0.415 e. The van der Waals surface area contributed by atoms with Crippen LogP contribution in [0.25, 0.3) is 0 Å². The number of carbonyl (C=O) groups excluding carboxylic acids is 4. The van der Waals surface area contributed by atoms with E-state index in [1.165, 1.54) is 38.1 Å². The molecule has 3 fully saturated rings. The number of hydrogen-bond acceptors (Lipinski definition) is 17. The average Bonchev–Trinajstić information content (AvgIpc) is 3.94. The molecule has 0 saturated carbocycles. The molecule has 4 aliphatic heterocycles. The summed E-state index contributed by atoms with van der Waals surface area (Å²) >= 11 is 0. The van der Waals surface area contributed by atoms with E-state index in [4.69, 9.17) is 52.1 Å². The molecule has 0 bridgehead atoms. The first kappa shape index (κ1) is 46.5. The molecule has 8 rings (SSSR count). The Hall–Kier alpha value is -6.06. The molecule has 3 aromatic rings. The number of nitrogens with zero attached hydrogens (tertiary/aromatic N) is 2. The molecule has 3 N–H and O–H groups in total. The summed E-state index contributed by atoms with van der Waals surface area (Å²) in [5.41, 5.74) is 4.17. The minimum absolute atomic E-state index is 0.00448. The Kier molecular flexibility index (Phi) is 13.9. The Labute approximate surface area is 380 Å². The summed E-state index contributed by atoms with van der Waals surface area (Å²) in [5, 5.41) is 25.1. The van der Waals surface area contributed by atoms with Gasteiger partial charge in [0.2, 0.25) is 12.5 Å². The van der Waals surface area contributed by atoms with Gasteiger partial charge in [-0.25, -0.2) is 14.4 Å². The number of aliphatic hydroxyl groups is 2. The van der Waals surface area contributed by atoms with Gasteiger partial charge >= 0.3 is 24.2 Å². The molecule has 1 aliphatic carbocycles. The first-order chi connectivity index (χ1) is 31.8. The molecule has 20 heteroatoms. The fourth-order valence-electron chi connectivity index (χ4n) is 9.16. The minimum atomic E-state index is -1.29. The quantitative estimate of drug-likeness (QED) is 0.163. The molecule has 356 valence electrons. The van der Waals surface area contributed by atoms with Gasteiger partial charge in [0, 0.05) is 56.7 Å². The highest BCUT2D eigenvalue weighted by Gasteiger charge is 2.51. The molecule has 20 nitrogen and oxygen atoms in total. The van der Waals surface area contributed by atoms with Crippen molar-refractivity contribution in [2.24, 2.45) is 11.8 Å². The van der Waals surface area contributed by atoms with Gasteiger partial charge < -0.3 is 72.1 Å². The topological polar surface area (TPSA) is 229 Å². The number of methoxy groups -OCH3 is 2. The Balaban J connectivity index is 0.981. The molecule has 3 amide bonds. The number of likely N-dealkylation sites (N-methyl/N-ethyl adjacent to an activating group) is 2. The summed E-state index contributed by atoms with van der Waals surface area (Å²) in [5.74, 6) is -0.595. The molecule has 5 aliphatic rings. The normalized spacial score (nSPS) is 25.9. The van der Waals surface area contributed by atoms with Crippen LogP contribution in [0.3, 0.4) is 0 Å². The Morgan fingerprint density at radius 1 is 0.879 bits per heavy atom. The summed E-state index contributed by atoms with van der Waals surface area (Å²) in [7, 11) is 5.90. The van der Waals surface area contributed by atoms with Crippen molar-refractivity contribution in [2.45, 2.75) is 76.0 Å². The number of hydrogen-bond donors (Lipinski definition) is 3. The van der Waals surface area contributed by atoms with Gasteiger partial charge in [-0.3, -0.25) is 10.1 Å². The fourth-order valence-corrected chi connectivity index (χ4v) is 9.16. The fraction of sp³-hybridized carbons (Fsp3) is 0.522. The molecule has 3 saturated heterocycles. The molecule has 4 heterocycles. The third-order valence-electron chi connectivity index (χ3n) is 12.6. The van der Waals surface area contributed by atoms with Crippen LogP contribution >= 0.6 is 0 Å². The van der Waals surface area contributed by atoms with E-state index in [0.29, 0.717) is 40.3 Å². The van der Waals surface area contributed by atoms with Crippen LogP contribution in [0.4, 0.5) is 20.1 Å². The molecule has 0 radical (unpaired) electrons. The van der Waals surface area contributed by atoms with Gasteiger partial charge in [0.1, 0.15) is 31.0 Å². The van der Waals surface area contributed by atoms with E-state index in [1.54, 1.807) is 50.2 Å². The monoisotopic (exact) mass is 921 g/mol. The Bertz CT molecular complexity index is 2270. The number of aliphatic hydroxyl groups excluding tert-OH is 2. The number of benzene rings is 3. The van der Waals surface area contributed by atoms with E-state index >= 15 is 0 Å². The zero-order valence-electron chi connectivity index (χ0n) is 37.5. The van der Waals surface area contributed by atoms with Crippen LogP contribution in [-0.4, -0.2) is 149 Å². The van der Waals surface area contributed by atoms with Crippen molar-refractivity contribution in [1.82, 2.24) is 9.80 Å². The Morgan fingerprint density at radius 3 is 2.29 bits per heavy atom. The van der Waals surface area contributed by atoms with Gasteiger partial charge in [0.15, 0.2) is 29.3 Å². The van der Waals surface area contributed by atoms with Crippen LogP contribution in [0, 0.1) is 11.8 Å². The molecule has 66 heavy (non-hydrogen) atoms. The number of cyclic esters (lactones) is 1. The molecular formula is C46H55N3O17. The van der Waals surface area contributed by atoms with E-state index in [1.807, 2.05) is 6.07 Å². The Morgan fingerprint density at radius 2 is 1.59 bits per heavy atom. The SMILES string of the molecule is CCOC(=O)Nc1ccc(COC(=O)N(C)CCN(C)C(=O)Oc2c(OC)cc([C@@H]3c4cc5c(c(C[C@@H]6O[C@@H]7COC(C)O[C@H]7[C@H](O)[C@H]6O)c4C[C@H]4COC(=O)C43)OCO5)cc2OC)cc1. The number of anilines is 1. The van der Waals surface area contributed by atoms with Gasteiger partial charge in [-0.05, 0) is 72.9 Å². The van der Waals surface area contributed by atoms with E-state index in [0.717, 1.165) is 11.1 Å². The second-order valence-corrected chi connectivity index (χ2v) is 16.7. The van der Waals surface area contributed by atoms with Crippen molar-refractivity contribution in [2.75, 3.05) is 73.3 Å². The number of ether oxygens (including phenoxy) is 11. The van der Waals surface area contributed by atoms with E-state index in [9.17, 15) is 29.4 Å². The first-order valence-corrected chi connectivity index (χ1v) is 21.8. The number of esters is 1. The third-order valence-corrected chi connectivity index (χ3v) is 12.6. The molecule has 0 aromatic heterocycles. The number of amides is 3. The number of rotatable bonds is 13. The molecule has 2 unspecified atom stereocenters. The molecule has 3 aromatic carbocycles. The van der Waals surface area contributed by atoms with Gasteiger partial charge in [-0.15, -0.1) is 0 Å². The van der Waals surface area contributed by atoms with Crippen LogP contribution in [0.1, 0.15) is 47.6 Å². The van der Waals surface area contributed by atoms with E-state index < -0.39 is 66.9 Å². The van der Waals surface area contributed by atoms with Crippen molar-refractivity contribution in [3.8, 4) is 28.7 Å². The van der Waals surface area contributed by atoms with E-state index in [-0.39, 0.29) is 81.9 Å². The minimum Gasteiger partial charge on any atom is -0.493 e. The van der Waals surface area contributed by atoms with Gasteiger partial charge in [0.05, 0.1) is 46.1 Å². The zero-order valence-corrected chi connectivity index (χ0v) is 37.5. The summed E-state index contributed by atoms with van der Waals surface area (Å²) in [4.78, 5) is 54.2. The maximum absolute atomic E-state index is 13.6. The van der Waals surface area contributed by atoms with Crippen molar-refractivity contribution in [1.29, 1.82) is 0 Å². The number of carbonyl (C=O) groups is 4.